The van der Waals surface area contributed by atoms with Crippen molar-refractivity contribution in [2.45, 2.75) is 76.5 Å². The van der Waals surface area contributed by atoms with Crippen LogP contribution in [0.4, 0.5) is 4.39 Å². The van der Waals surface area contributed by atoms with Crippen molar-refractivity contribution in [2.75, 3.05) is 12.0 Å². The molecule has 6 N–H and O–H groups in total. The number of benzene rings is 1. The maximum Gasteiger partial charge on any atom is 0.459 e. The first-order valence-electron chi connectivity index (χ1n) is 13.0. The minimum absolute atomic E-state index is 0.0556. The van der Waals surface area contributed by atoms with Gasteiger partial charge < -0.3 is 29.9 Å². The molecule has 14 nitrogen and oxygen atoms in total. The maximum absolute atomic E-state index is 16.4. The molecule has 1 aromatic heterocycles. The van der Waals surface area contributed by atoms with Crippen molar-refractivity contribution in [2.24, 2.45) is 16.1 Å². The fraction of sp³-hybridized carbons (Fsp3) is 0.560. The minimum atomic E-state index is -4.30. The molecular formula is C25H34FN6O8P. The predicted molar refractivity (Wildman–Crippen MR) is 143 cm³/mol. The molecule has 5 rings (SSSR count). The van der Waals surface area contributed by atoms with Crippen LogP contribution in [0.25, 0.3) is 0 Å². The van der Waals surface area contributed by atoms with E-state index in [1.165, 1.54) is 10.9 Å². The van der Waals surface area contributed by atoms with Crippen LogP contribution in [0.5, 0.6) is 5.75 Å². The number of nitrogens with zero attached hydrogens (tertiary/aromatic N) is 3. The predicted octanol–water partition coefficient (Wildman–Crippen LogP) is 1.80. The average Bonchev–Trinajstić information content (AvgIpc) is 3.13. The van der Waals surface area contributed by atoms with E-state index in [2.05, 4.69) is 20.5 Å². The second kappa shape index (κ2) is 10.0. The number of hydrogen-bond acceptors (Lipinski definition) is 12. The van der Waals surface area contributed by atoms with E-state index in [9.17, 15) is 19.6 Å². The molecule has 2 fully saturated rings. The number of nitrogens with one attached hydrogen (secondary N) is 2. The van der Waals surface area contributed by atoms with Gasteiger partial charge in [0.15, 0.2) is 17.1 Å². The van der Waals surface area contributed by atoms with E-state index in [1.807, 2.05) is 0 Å². The van der Waals surface area contributed by atoms with Crippen LogP contribution in [0.15, 0.2) is 41.5 Å². The normalized spacial score (nSPS) is 32.5. The quantitative estimate of drug-likeness (QED) is 0.209. The van der Waals surface area contributed by atoms with Crippen molar-refractivity contribution < 1.29 is 42.5 Å². The molecule has 16 heteroatoms. The summed E-state index contributed by atoms with van der Waals surface area (Å²) in [5.74, 6) is -0.335. The van der Waals surface area contributed by atoms with Gasteiger partial charge in [0.05, 0.1) is 17.3 Å². The number of para-hydroxylation sites is 1. The summed E-state index contributed by atoms with van der Waals surface area (Å²) in [6.07, 6.45) is -4.06. The summed E-state index contributed by atoms with van der Waals surface area (Å²) in [4.78, 5) is 20.0. The number of carbonyl (C=O) groups excluding carboxylic acids is 1. The lowest BCUT2D eigenvalue weighted by Gasteiger charge is -2.32. The standard InChI is InChI=1S/C25H34FN6O8P/c1-13(12-37-21(34)23(2,3)4)31-41(36,39-14-9-7-6-8-10-14)40-18-17-25(18,35)24(5,26)16(38-17)15-11-28-19-20(33)29-22(27)30-32(15)19/h6-11,13,16-18,20,33,35H,12H2,1-5H3,(H,31,36)(H3,27,29,30). The number of carbonyl (C=O) groups is 1. The molecule has 0 spiro atoms. The zero-order valence-electron chi connectivity index (χ0n) is 23.1. The van der Waals surface area contributed by atoms with Crippen molar-refractivity contribution >= 4 is 19.7 Å². The van der Waals surface area contributed by atoms with Gasteiger partial charge in [-0.05, 0) is 46.8 Å². The first-order valence-corrected chi connectivity index (χ1v) is 14.5. The topological polar surface area (TPSA) is 192 Å². The molecule has 1 aliphatic carbocycles. The van der Waals surface area contributed by atoms with E-state index in [-0.39, 0.29) is 29.8 Å². The fourth-order valence-electron chi connectivity index (χ4n) is 4.79. The van der Waals surface area contributed by atoms with Crippen LogP contribution in [-0.2, 0) is 23.4 Å². The summed E-state index contributed by atoms with van der Waals surface area (Å²) in [6.45, 7) is 7.68. The summed E-state index contributed by atoms with van der Waals surface area (Å²) in [7, 11) is -4.30. The summed E-state index contributed by atoms with van der Waals surface area (Å²) in [5, 5.41) is 24.3. The highest BCUT2D eigenvalue weighted by Gasteiger charge is 2.85. The van der Waals surface area contributed by atoms with Gasteiger partial charge in [0.25, 0.3) is 0 Å². The zero-order valence-corrected chi connectivity index (χ0v) is 24.0. The van der Waals surface area contributed by atoms with Crippen LogP contribution in [0.2, 0.25) is 0 Å². The Morgan fingerprint density at radius 2 is 2.05 bits per heavy atom. The van der Waals surface area contributed by atoms with Crippen molar-refractivity contribution in [1.29, 1.82) is 0 Å². The third-order valence-corrected chi connectivity index (χ3v) is 8.78. The van der Waals surface area contributed by atoms with Crippen LogP contribution < -0.4 is 20.8 Å². The maximum atomic E-state index is 16.4. The van der Waals surface area contributed by atoms with Gasteiger partial charge in [-0.2, -0.15) is 0 Å². The number of ether oxygens (including phenoxy) is 2. The van der Waals surface area contributed by atoms with Crippen LogP contribution in [0.3, 0.4) is 0 Å². The third-order valence-electron chi connectivity index (χ3n) is 7.07. The molecule has 2 aromatic rings. The molecule has 8 unspecified atom stereocenters. The molecular weight excluding hydrogens is 562 g/mol. The van der Waals surface area contributed by atoms with Crippen LogP contribution >= 0.6 is 7.75 Å². The summed E-state index contributed by atoms with van der Waals surface area (Å²) < 4.78 is 54.3. The lowest BCUT2D eigenvalue weighted by Crippen LogP contribution is -2.45. The lowest BCUT2D eigenvalue weighted by atomic mass is 9.91. The Labute approximate surface area is 235 Å². The monoisotopic (exact) mass is 596 g/mol. The highest BCUT2D eigenvalue weighted by Crippen LogP contribution is 2.67. The van der Waals surface area contributed by atoms with Crippen molar-refractivity contribution in [3.63, 3.8) is 0 Å². The molecule has 0 radical (unpaired) electrons. The molecule has 1 saturated heterocycles. The Hall–Kier alpha value is -3.07. The molecule has 1 saturated carbocycles. The number of esters is 1. The SMILES string of the molecule is CC(COC(=O)C(C)(C)C)NP(=O)(Oc1ccccc1)OC1C2OC(c3cnc4n3NC(N)=NC4O)C(C)(F)C21O. The molecule has 224 valence electrons. The van der Waals surface area contributed by atoms with Gasteiger partial charge in [-0.3, -0.25) is 14.7 Å². The number of halogens is 1. The van der Waals surface area contributed by atoms with E-state index in [1.54, 1.807) is 58.0 Å². The zero-order chi connectivity index (χ0) is 30.0. The van der Waals surface area contributed by atoms with E-state index < -0.39 is 61.0 Å². The largest absolute Gasteiger partial charge is 0.464 e. The number of alkyl halides is 1. The first-order chi connectivity index (χ1) is 19.1. The van der Waals surface area contributed by atoms with Gasteiger partial charge in [-0.15, -0.1) is 0 Å². The molecule has 1 aromatic carbocycles. The van der Waals surface area contributed by atoms with Gasteiger partial charge in [-0.1, -0.05) is 18.2 Å². The van der Waals surface area contributed by atoms with Crippen molar-refractivity contribution in [3.05, 3.63) is 48.0 Å². The van der Waals surface area contributed by atoms with Crippen LogP contribution in [-0.4, -0.2) is 67.9 Å². The molecule has 8 atom stereocenters. The Kier molecular flexibility index (Phi) is 7.20. The number of aliphatic imine (C=N–C) groups is 1. The molecule has 3 heterocycles. The number of rotatable bonds is 9. The summed E-state index contributed by atoms with van der Waals surface area (Å²) >= 11 is 0. The number of aliphatic hydroxyl groups is 2. The van der Waals surface area contributed by atoms with Crippen molar-refractivity contribution in [3.8, 4) is 5.75 Å². The smallest absolute Gasteiger partial charge is 0.459 e. The number of hydrogen-bond donors (Lipinski definition) is 5. The van der Waals surface area contributed by atoms with Gasteiger partial charge in [-0.25, -0.2) is 28.7 Å². The van der Waals surface area contributed by atoms with Crippen molar-refractivity contribution in [1.82, 2.24) is 14.7 Å². The molecule has 0 bridgehead atoms. The fourth-order valence-corrected chi connectivity index (χ4v) is 6.53. The van der Waals surface area contributed by atoms with Gasteiger partial charge in [0.2, 0.25) is 12.2 Å². The number of imidazole rings is 1. The lowest BCUT2D eigenvalue weighted by molar-refractivity contribution is -0.153. The molecule has 2 aliphatic heterocycles. The third kappa shape index (κ3) is 5.22. The van der Waals surface area contributed by atoms with Gasteiger partial charge in [0, 0.05) is 6.04 Å². The second-order valence-electron chi connectivity index (χ2n) is 11.5. The number of fused-ring (bicyclic) bond motifs is 2. The summed E-state index contributed by atoms with van der Waals surface area (Å²) in [5.41, 5.74) is 3.08. The Balaban J connectivity index is 1.34. The highest BCUT2D eigenvalue weighted by molar-refractivity contribution is 7.52. The highest BCUT2D eigenvalue weighted by atomic mass is 31.2. The average molecular weight is 597 g/mol. The number of aromatic nitrogens is 2. The van der Waals surface area contributed by atoms with Gasteiger partial charge in [0.1, 0.15) is 30.7 Å². The number of aliphatic hydroxyl groups excluding tert-OH is 1. The Morgan fingerprint density at radius 3 is 2.66 bits per heavy atom. The van der Waals surface area contributed by atoms with Crippen LogP contribution in [0, 0.1) is 5.41 Å². The van der Waals surface area contributed by atoms with E-state index >= 15 is 4.39 Å². The Morgan fingerprint density at radius 1 is 1.37 bits per heavy atom. The van der Waals surface area contributed by atoms with E-state index in [4.69, 9.17) is 24.3 Å². The van der Waals surface area contributed by atoms with E-state index in [0.717, 1.165) is 6.92 Å². The first kappa shape index (κ1) is 29.4. The number of guanidine groups is 1. The molecule has 3 aliphatic rings. The summed E-state index contributed by atoms with van der Waals surface area (Å²) in [6, 6.07) is 7.45. The van der Waals surface area contributed by atoms with Gasteiger partial charge >= 0.3 is 13.7 Å². The van der Waals surface area contributed by atoms with E-state index in [0.29, 0.717) is 0 Å². The second-order valence-corrected chi connectivity index (χ2v) is 13.2. The Bertz CT molecular complexity index is 1400. The number of nitrogens with two attached hydrogens (primary N) is 1. The molecule has 41 heavy (non-hydrogen) atoms. The minimum Gasteiger partial charge on any atom is -0.464 e. The molecule has 0 amide bonds. The van der Waals surface area contributed by atoms with Crippen LogP contribution in [0.1, 0.15) is 58.5 Å².